The van der Waals surface area contributed by atoms with E-state index in [9.17, 15) is 19.3 Å². The molecule has 0 radical (unpaired) electrons. The number of nitrogens with zero attached hydrogens (tertiary/aromatic N) is 3. The summed E-state index contributed by atoms with van der Waals surface area (Å²) in [6.07, 6.45) is 2.06. The molecule has 1 heterocycles. The van der Waals surface area contributed by atoms with Gasteiger partial charge in [-0.1, -0.05) is 0 Å². The van der Waals surface area contributed by atoms with Crippen molar-refractivity contribution in [3.8, 4) is 11.1 Å². The van der Waals surface area contributed by atoms with Crippen LogP contribution in [0.15, 0.2) is 30.6 Å². The van der Waals surface area contributed by atoms with Crippen molar-refractivity contribution < 1.29 is 18.8 Å². The predicted molar refractivity (Wildman–Crippen MR) is 75.9 cm³/mol. The number of benzene rings is 1. The highest BCUT2D eigenvalue weighted by Crippen LogP contribution is 2.25. The zero-order valence-corrected chi connectivity index (χ0v) is 12.2. The Morgan fingerprint density at radius 2 is 2.05 bits per heavy atom. The summed E-state index contributed by atoms with van der Waals surface area (Å²) in [6, 6.07) is 3.47. The maximum atomic E-state index is 13.6. The summed E-state index contributed by atoms with van der Waals surface area (Å²) in [5.74, 6) is -0.951. The fourth-order valence-corrected chi connectivity index (χ4v) is 1.71. The van der Waals surface area contributed by atoms with Gasteiger partial charge >= 0.3 is 11.8 Å². The number of nitro groups is 1. The third kappa shape index (κ3) is 3.46. The van der Waals surface area contributed by atoms with Gasteiger partial charge in [-0.2, -0.15) is 14.2 Å². The van der Waals surface area contributed by atoms with E-state index in [0.29, 0.717) is 11.1 Å². The van der Waals surface area contributed by atoms with Crippen LogP contribution >= 0.6 is 0 Å². The Morgan fingerprint density at radius 1 is 1.36 bits per heavy atom. The molecule has 0 aliphatic rings. The zero-order chi connectivity index (χ0) is 16.5. The third-order valence-electron chi connectivity index (χ3n) is 2.64. The molecule has 0 aliphatic heterocycles. The number of aromatic nitrogens is 2. The van der Waals surface area contributed by atoms with E-state index < -0.39 is 28.1 Å². The molecule has 0 atom stereocenters. The van der Waals surface area contributed by atoms with Gasteiger partial charge in [0.05, 0.1) is 11.1 Å². The molecule has 0 N–H and O–H groups in total. The normalized spacial score (nSPS) is 11.3. The fourth-order valence-electron chi connectivity index (χ4n) is 1.71. The maximum Gasteiger partial charge on any atom is 0.435 e. The zero-order valence-electron chi connectivity index (χ0n) is 12.2. The SMILES string of the molecule is CC(C)(C)OC(=O)n1cc(-c2ccc([N+](=O)[O-])c(F)c2)cn1. The van der Waals surface area contributed by atoms with Crippen LogP contribution in [0.25, 0.3) is 11.1 Å². The number of carbonyl (C=O) groups is 1. The van der Waals surface area contributed by atoms with Crippen molar-refractivity contribution in [2.75, 3.05) is 0 Å². The Labute approximate surface area is 125 Å². The van der Waals surface area contributed by atoms with Crippen LogP contribution in [-0.2, 0) is 4.74 Å². The summed E-state index contributed by atoms with van der Waals surface area (Å²) in [5, 5.41) is 14.4. The summed E-state index contributed by atoms with van der Waals surface area (Å²) in [4.78, 5) is 21.6. The molecule has 0 aliphatic carbocycles. The van der Waals surface area contributed by atoms with Gasteiger partial charge in [0.25, 0.3) is 0 Å². The van der Waals surface area contributed by atoms with Crippen LogP contribution in [0.2, 0.25) is 0 Å². The van der Waals surface area contributed by atoms with E-state index in [1.165, 1.54) is 18.5 Å². The topological polar surface area (TPSA) is 87.3 Å². The smallest absolute Gasteiger partial charge is 0.435 e. The molecule has 0 spiro atoms. The molecule has 0 amide bonds. The van der Waals surface area contributed by atoms with Crippen LogP contribution in [0.4, 0.5) is 14.9 Å². The average Bonchev–Trinajstić information content (AvgIpc) is 2.85. The molecule has 8 heteroatoms. The van der Waals surface area contributed by atoms with Crippen LogP contribution in [0.1, 0.15) is 20.8 Å². The second kappa shape index (κ2) is 5.55. The molecule has 7 nitrogen and oxygen atoms in total. The number of carbonyl (C=O) groups excluding carboxylic acids is 1. The Balaban J connectivity index is 2.27. The second-order valence-corrected chi connectivity index (χ2v) is 5.58. The predicted octanol–water partition coefficient (Wildman–Crippen LogP) is 3.38. The van der Waals surface area contributed by atoms with Gasteiger partial charge in [0.2, 0.25) is 5.82 Å². The first-order chi connectivity index (χ1) is 10.2. The standard InChI is InChI=1S/C14H14FN3O4/c1-14(2,3)22-13(19)17-8-10(7-16-17)9-4-5-12(18(20)21)11(15)6-9/h4-8H,1-3H3. The van der Waals surface area contributed by atoms with Gasteiger partial charge in [0.15, 0.2) is 0 Å². The first kappa shape index (κ1) is 15.6. The van der Waals surface area contributed by atoms with Crippen molar-refractivity contribution in [1.82, 2.24) is 9.78 Å². The van der Waals surface area contributed by atoms with Crippen LogP contribution in [0.5, 0.6) is 0 Å². The lowest BCUT2D eigenvalue weighted by Crippen LogP contribution is -2.27. The number of hydrogen-bond donors (Lipinski definition) is 0. The van der Waals surface area contributed by atoms with Crippen molar-refractivity contribution in [2.24, 2.45) is 0 Å². The average molecular weight is 307 g/mol. The van der Waals surface area contributed by atoms with E-state index in [-0.39, 0.29) is 0 Å². The molecule has 2 rings (SSSR count). The van der Waals surface area contributed by atoms with E-state index in [1.54, 1.807) is 20.8 Å². The van der Waals surface area contributed by atoms with Gasteiger partial charge in [-0.3, -0.25) is 10.1 Å². The number of ether oxygens (including phenoxy) is 1. The van der Waals surface area contributed by atoms with Gasteiger partial charge in [0.1, 0.15) is 5.60 Å². The Hall–Kier alpha value is -2.77. The van der Waals surface area contributed by atoms with Gasteiger partial charge in [-0.05, 0) is 38.5 Å². The first-order valence-electron chi connectivity index (χ1n) is 6.40. The quantitative estimate of drug-likeness (QED) is 0.627. The van der Waals surface area contributed by atoms with E-state index in [1.807, 2.05) is 0 Å². The largest absolute Gasteiger partial charge is 0.442 e. The van der Waals surface area contributed by atoms with Gasteiger partial charge in [-0.25, -0.2) is 4.79 Å². The highest BCUT2D eigenvalue weighted by molar-refractivity contribution is 5.73. The van der Waals surface area contributed by atoms with Crippen molar-refractivity contribution in [2.45, 2.75) is 26.4 Å². The summed E-state index contributed by atoms with van der Waals surface area (Å²) in [6.45, 7) is 5.17. The molecule has 1 aromatic carbocycles. The second-order valence-electron chi connectivity index (χ2n) is 5.58. The summed E-state index contributed by atoms with van der Waals surface area (Å²) >= 11 is 0. The monoisotopic (exact) mass is 307 g/mol. The molecule has 0 saturated heterocycles. The van der Waals surface area contributed by atoms with Crippen LogP contribution < -0.4 is 0 Å². The molecule has 0 unspecified atom stereocenters. The van der Waals surface area contributed by atoms with Crippen LogP contribution in [0, 0.1) is 15.9 Å². The minimum Gasteiger partial charge on any atom is -0.442 e. The van der Waals surface area contributed by atoms with Crippen molar-refractivity contribution >= 4 is 11.8 Å². The summed E-state index contributed by atoms with van der Waals surface area (Å²) in [7, 11) is 0. The molecule has 1 aromatic heterocycles. The number of nitro benzene ring substituents is 1. The first-order valence-corrected chi connectivity index (χ1v) is 6.40. The highest BCUT2D eigenvalue weighted by Gasteiger charge is 2.19. The Bertz CT molecular complexity index is 734. The lowest BCUT2D eigenvalue weighted by Gasteiger charge is -2.18. The minimum absolute atomic E-state index is 0.373. The van der Waals surface area contributed by atoms with E-state index in [2.05, 4.69) is 5.10 Å². The van der Waals surface area contributed by atoms with Crippen molar-refractivity contribution in [3.63, 3.8) is 0 Å². The van der Waals surface area contributed by atoms with E-state index >= 15 is 0 Å². The van der Waals surface area contributed by atoms with Gasteiger partial charge < -0.3 is 4.74 Å². The number of rotatable bonds is 2. The highest BCUT2D eigenvalue weighted by atomic mass is 19.1. The lowest BCUT2D eigenvalue weighted by molar-refractivity contribution is -0.387. The minimum atomic E-state index is -0.951. The lowest BCUT2D eigenvalue weighted by atomic mass is 10.1. The molecule has 2 aromatic rings. The number of hydrogen-bond acceptors (Lipinski definition) is 5. The summed E-state index contributed by atoms with van der Waals surface area (Å²) in [5.41, 5.74) is -0.455. The van der Waals surface area contributed by atoms with Crippen molar-refractivity contribution in [3.05, 3.63) is 46.5 Å². The molecule has 22 heavy (non-hydrogen) atoms. The van der Waals surface area contributed by atoms with Crippen LogP contribution in [0.3, 0.4) is 0 Å². The Morgan fingerprint density at radius 3 is 2.59 bits per heavy atom. The molecular weight excluding hydrogens is 293 g/mol. The Kier molecular flexibility index (Phi) is 3.94. The number of halogens is 1. The van der Waals surface area contributed by atoms with E-state index in [0.717, 1.165) is 16.8 Å². The molecular formula is C14H14FN3O4. The van der Waals surface area contributed by atoms with E-state index in [4.69, 9.17) is 4.74 Å². The van der Waals surface area contributed by atoms with Gasteiger partial charge in [0, 0.05) is 17.8 Å². The molecule has 0 bridgehead atoms. The summed E-state index contributed by atoms with van der Waals surface area (Å²) < 4.78 is 19.7. The fraction of sp³-hybridized carbons (Fsp3) is 0.286. The molecule has 0 fully saturated rings. The molecule has 116 valence electrons. The van der Waals surface area contributed by atoms with Crippen molar-refractivity contribution in [1.29, 1.82) is 0 Å². The van der Waals surface area contributed by atoms with Crippen LogP contribution in [-0.4, -0.2) is 26.4 Å². The third-order valence-corrected chi connectivity index (χ3v) is 2.64. The van der Waals surface area contributed by atoms with Gasteiger partial charge in [-0.15, -0.1) is 0 Å². The molecule has 0 saturated carbocycles. The maximum absolute atomic E-state index is 13.6.